The van der Waals surface area contributed by atoms with E-state index in [1.54, 1.807) is 0 Å². The predicted octanol–water partition coefficient (Wildman–Crippen LogP) is 18.1. The van der Waals surface area contributed by atoms with Crippen LogP contribution in [0.15, 0.2) is 170 Å². The maximum atomic E-state index is 8.68. The van der Waals surface area contributed by atoms with Gasteiger partial charge in [-0.3, -0.25) is 0 Å². The van der Waals surface area contributed by atoms with Crippen LogP contribution < -0.4 is 9.64 Å². The Bertz CT molecular complexity index is 4170. The fourth-order valence-corrected chi connectivity index (χ4v) is 10.6. The number of nitrogens with zero attached hydrogens (tertiary/aromatic N) is 4. The molecular formula is C67H59N4OPt-3. The molecule has 73 heavy (non-hydrogen) atoms. The molecule has 1 aliphatic heterocycles. The van der Waals surface area contributed by atoms with Crippen molar-refractivity contribution in [2.45, 2.75) is 85.4 Å². The average molecular weight is 1130 g/mol. The Morgan fingerprint density at radius 2 is 1.15 bits per heavy atom. The molecule has 0 N–H and O–H groups in total. The van der Waals surface area contributed by atoms with Crippen LogP contribution in [0.2, 0.25) is 0 Å². The normalized spacial score (nSPS) is 13.5. The first kappa shape index (κ1) is 44.4. The number of hydrogen-bond acceptors (Lipinski definition) is 3. The molecule has 0 saturated heterocycles. The Morgan fingerprint density at radius 1 is 0.521 bits per heavy atom. The third-order valence-electron chi connectivity index (χ3n) is 14.4. The first-order chi connectivity index (χ1) is 35.7. The second-order valence-electron chi connectivity index (χ2n) is 22.4. The molecule has 0 bridgehead atoms. The van der Waals surface area contributed by atoms with E-state index in [1.165, 1.54) is 11.1 Å². The summed E-state index contributed by atoms with van der Waals surface area (Å²) < 4.78 is 37.3. The number of benzene rings is 8. The van der Waals surface area contributed by atoms with Gasteiger partial charge in [0.25, 0.3) is 0 Å². The van der Waals surface area contributed by atoms with Crippen molar-refractivity contribution < 1.29 is 29.9 Å². The summed E-state index contributed by atoms with van der Waals surface area (Å²) in [4.78, 5) is 7.08. The van der Waals surface area contributed by atoms with Gasteiger partial charge in [-0.25, -0.2) is 4.98 Å². The third kappa shape index (κ3) is 8.32. The number of para-hydroxylation sites is 3. The Kier molecular flexibility index (Phi) is 10.8. The summed E-state index contributed by atoms with van der Waals surface area (Å²) >= 11 is 0. The molecule has 11 aromatic rings. The minimum absolute atomic E-state index is 0. The second-order valence-corrected chi connectivity index (χ2v) is 22.4. The van der Waals surface area contributed by atoms with Crippen LogP contribution in [0.1, 0.15) is 88.7 Å². The minimum atomic E-state index is -2.32. The smallest absolute Gasteiger partial charge is 0.135 e. The van der Waals surface area contributed by atoms with Gasteiger partial charge in [-0.2, -0.15) is 12.1 Å². The summed E-state index contributed by atoms with van der Waals surface area (Å²) in [5, 5.41) is 8.74. The van der Waals surface area contributed by atoms with Crippen molar-refractivity contribution in [3.8, 4) is 28.4 Å². The van der Waals surface area contributed by atoms with Gasteiger partial charge in [-0.15, -0.1) is 35.7 Å². The minimum Gasteiger partial charge on any atom is -0.509 e. The van der Waals surface area contributed by atoms with E-state index in [0.717, 1.165) is 99.0 Å². The molecule has 12 rings (SSSR count). The van der Waals surface area contributed by atoms with Gasteiger partial charge in [0.05, 0.1) is 0 Å². The number of anilines is 2. The zero-order valence-electron chi connectivity index (χ0n) is 45.8. The largest absolute Gasteiger partial charge is 0.509 e. The molecule has 3 aromatic heterocycles. The van der Waals surface area contributed by atoms with E-state index in [2.05, 4.69) is 229 Å². The molecule has 6 heteroatoms. The van der Waals surface area contributed by atoms with Crippen molar-refractivity contribution in [2.75, 3.05) is 4.90 Å². The van der Waals surface area contributed by atoms with E-state index in [1.807, 2.05) is 36.5 Å². The zero-order valence-corrected chi connectivity index (χ0v) is 45.0. The molecular weight excluding hydrogens is 1070 g/mol. The SMILES string of the molecule is [2H]C([2H])([2H])c1cc(-c2cccc3c4cc(C(C)(C)C)ccc4c4ccccc4c4cccc5c4n(c23)[CH-]N5c2[c-]c(Oc3[c-]c4c(cc3)c3ccccc3n4-c3cc(C(C)(C)C)ccn3)ccc2)cc(C(C)(C)C)c1.[Pt]. The summed E-state index contributed by atoms with van der Waals surface area (Å²) in [5.41, 5.74) is 10.6. The van der Waals surface area contributed by atoms with Gasteiger partial charge in [0.1, 0.15) is 5.82 Å². The molecule has 0 spiro atoms. The van der Waals surface area contributed by atoms with Gasteiger partial charge in [0.2, 0.25) is 0 Å². The number of aromatic nitrogens is 3. The third-order valence-corrected chi connectivity index (χ3v) is 14.4. The summed E-state index contributed by atoms with van der Waals surface area (Å²) in [5.74, 6) is 1.92. The molecule has 0 radical (unpaired) electrons. The molecule has 1 aliphatic rings. The van der Waals surface area contributed by atoms with Crippen LogP contribution in [-0.4, -0.2) is 14.1 Å². The molecule has 0 saturated carbocycles. The Hall–Kier alpha value is -7.33. The van der Waals surface area contributed by atoms with Crippen molar-refractivity contribution in [3.63, 3.8) is 0 Å². The molecule has 0 unspecified atom stereocenters. The predicted molar refractivity (Wildman–Crippen MR) is 303 cm³/mol. The number of ether oxygens (including phenoxy) is 1. The molecule has 4 heterocycles. The van der Waals surface area contributed by atoms with E-state index in [4.69, 9.17) is 13.8 Å². The van der Waals surface area contributed by atoms with Crippen LogP contribution in [0.25, 0.3) is 82.1 Å². The standard InChI is InChI=1S/C67H59N4O.Pt/c1-42-34-43(36-46(35-42)67(8,9)10)50-23-16-24-57-58-37-44(65(2,3)4)28-30-53(58)51-20-11-12-21-52(51)56-25-17-27-60-64(56)70(63(50)57)41-69(60)47-18-15-19-48(39-47)72-49-29-31-55-54-22-13-14-26-59(54)71(61(55)40-49)62-38-45(32-33-68-62)66(5,6)7;/h11-38,41H,1-10H3;/q-3;/i1D3;. The van der Waals surface area contributed by atoms with Gasteiger partial charge < -0.3 is 18.8 Å². The summed E-state index contributed by atoms with van der Waals surface area (Å²) in [7, 11) is 0. The molecule has 0 amide bonds. The van der Waals surface area contributed by atoms with Gasteiger partial charge in [-0.1, -0.05) is 188 Å². The van der Waals surface area contributed by atoms with E-state index in [-0.39, 0.29) is 37.3 Å². The average Bonchev–Trinajstić information content (AvgIpc) is 4.00. The van der Waals surface area contributed by atoms with Crippen LogP contribution in [0.5, 0.6) is 11.5 Å². The van der Waals surface area contributed by atoms with Gasteiger partial charge in [0, 0.05) is 54.1 Å². The molecule has 0 fully saturated rings. The Morgan fingerprint density at radius 3 is 1.90 bits per heavy atom. The number of fused-ring (bicyclic) bond motifs is 10. The van der Waals surface area contributed by atoms with Crippen molar-refractivity contribution in [3.05, 3.63) is 211 Å². The van der Waals surface area contributed by atoms with Gasteiger partial charge >= 0.3 is 0 Å². The molecule has 0 atom stereocenters. The Labute approximate surface area is 447 Å². The molecule has 8 aromatic carbocycles. The second kappa shape index (κ2) is 17.7. The summed E-state index contributed by atoms with van der Waals surface area (Å²) in [6, 6.07) is 64.6. The number of rotatable bonds is 5. The van der Waals surface area contributed by atoms with E-state index in [0.29, 0.717) is 17.1 Å². The quantitative estimate of drug-likeness (QED) is 0.161. The van der Waals surface area contributed by atoms with Crippen molar-refractivity contribution >= 4 is 76.5 Å². The topological polar surface area (TPSA) is 35.2 Å². The summed E-state index contributed by atoms with van der Waals surface area (Å²) in [6.07, 6.45) is 1.89. The van der Waals surface area contributed by atoms with Crippen LogP contribution in [0.3, 0.4) is 0 Å². The van der Waals surface area contributed by atoms with Crippen LogP contribution >= 0.6 is 0 Å². The monoisotopic (exact) mass is 1130 g/mol. The van der Waals surface area contributed by atoms with Crippen molar-refractivity contribution in [1.82, 2.24) is 14.1 Å². The van der Waals surface area contributed by atoms with E-state index >= 15 is 0 Å². The van der Waals surface area contributed by atoms with Crippen molar-refractivity contribution in [2.24, 2.45) is 0 Å². The zero-order chi connectivity index (χ0) is 52.3. The maximum absolute atomic E-state index is 8.68. The number of aryl methyl sites for hydroxylation is 1. The van der Waals surface area contributed by atoms with Crippen LogP contribution in [0.4, 0.5) is 11.4 Å². The molecule has 5 nitrogen and oxygen atoms in total. The molecule has 366 valence electrons. The number of pyridine rings is 1. The first-order valence-corrected chi connectivity index (χ1v) is 24.9. The Balaban J connectivity index is 0.00000616. The van der Waals surface area contributed by atoms with Crippen LogP contribution in [-0.2, 0) is 37.3 Å². The summed E-state index contributed by atoms with van der Waals surface area (Å²) in [6.45, 7) is 19.7. The van der Waals surface area contributed by atoms with E-state index in [9.17, 15) is 0 Å². The fourth-order valence-electron chi connectivity index (χ4n) is 10.6. The van der Waals surface area contributed by atoms with Gasteiger partial charge in [-0.05, 0) is 131 Å². The maximum Gasteiger partial charge on any atom is 0.135 e. The number of hydrogen-bond donors (Lipinski definition) is 0. The fraction of sp³-hybridized carbons (Fsp3) is 0.194. The van der Waals surface area contributed by atoms with E-state index < -0.39 is 6.85 Å². The van der Waals surface area contributed by atoms with Gasteiger partial charge in [0.15, 0.2) is 0 Å². The molecule has 0 aliphatic carbocycles. The van der Waals surface area contributed by atoms with Crippen molar-refractivity contribution in [1.29, 1.82) is 0 Å². The van der Waals surface area contributed by atoms with Crippen LogP contribution in [0, 0.1) is 25.7 Å². The first-order valence-electron chi connectivity index (χ1n) is 26.4.